The van der Waals surface area contributed by atoms with E-state index in [2.05, 4.69) is 244 Å². The van der Waals surface area contributed by atoms with Gasteiger partial charge in [-0.25, -0.2) is 19.9 Å². The molecule has 0 atom stereocenters. The van der Waals surface area contributed by atoms with Crippen LogP contribution in [0.2, 0.25) is 0 Å². The maximum Gasteiger partial charge on any atom is 3.00 e. The number of hydrogen-bond acceptors (Lipinski definition) is 14. The van der Waals surface area contributed by atoms with E-state index in [9.17, 15) is 0 Å². The normalized spacial score (nSPS) is 12.7. The topological polar surface area (TPSA) is 265 Å². The predicted octanol–water partition coefficient (Wildman–Crippen LogP) is 18.7. The molecule has 0 unspecified atom stereocenters. The molecule has 8 aromatic heterocycles. The van der Waals surface area contributed by atoms with E-state index in [-0.39, 0.29) is 72.1 Å². The number of rotatable bonds is 0. The summed E-state index contributed by atoms with van der Waals surface area (Å²) in [7, 11) is 0. The zero-order chi connectivity index (χ0) is 72.6. The van der Waals surface area contributed by atoms with E-state index in [1.165, 1.54) is 33.4 Å². The fraction of sp³-hybridized carbons (Fsp3) is 0.279. The van der Waals surface area contributed by atoms with Crippen LogP contribution in [0.25, 0.3) is 179 Å². The molecule has 4 aliphatic rings. The zero-order valence-electron chi connectivity index (χ0n) is 63.0. The van der Waals surface area contributed by atoms with Gasteiger partial charge in [0, 0.05) is 114 Å². The third-order valence-corrected chi connectivity index (χ3v) is 20.2. The quantitative estimate of drug-likeness (QED) is 0.128. The molecule has 107 heavy (non-hydrogen) atoms. The van der Waals surface area contributed by atoms with Crippen LogP contribution in [0, 0.1) is 0 Å². The van der Waals surface area contributed by atoms with Gasteiger partial charge in [-0.3, -0.25) is 9.97 Å². The Bertz CT molecular complexity index is 6010. The Kier molecular flexibility index (Phi) is 17.7. The summed E-state index contributed by atoms with van der Waals surface area (Å²) < 4.78 is 0. The van der Waals surface area contributed by atoms with Crippen LogP contribution in [-0.2, 0) is 72.1 Å². The van der Waals surface area contributed by atoms with Gasteiger partial charge >= 0.3 is 34.1 Å². The van der Waals surface area contributed by atoms with Gasteiger partial charge in [-0.2, -0.15) is 0 Å². The molecule has 6 aromatic carbocycles. The second-order valence-electron chi connectivity index (χ2n) is 33.9. The van der Waals surface area contributed by atoms with Crippen LogP contribution >= 0.6 is 0 Å². The average molecular weight is 1490 g/mol. The molecule has 0 fully saturated rings. The van der Waals surface area contributed by atoms with E-state index in [1.54, 1.807) is 24.8 Å². The van der Waals surface area contributed by atoms with Crippen LogP contribution in [0.3, 0.4) is 0 Å². The maximum atomic E-state index is 5.19. The molecule has 0 saturated carbocycles. The van der Waals surface area contributed by atoms with Crippen LogP contribution in [0.4, 0.5) is 0 Å². The summed E-state index contributed by atoms with van der Waals surface area (Å²) >= 11 is 0. The largest absolute Gasteiger partial charge is 3.00 e. The summed E-state index contributed by atoms with van der Waals surface area (Å²) in [6.07, 6.45) is 7.08. The second kappa shape index (κ2) is 25.8. The van der Waals surface area contributed by atoms with E-state index in [1.807, 2.05) is 12.1 Å². The van der Waals surface area contributed by atoms with Crippen molar-refractivity contribution in [2.75, 3.05) is 0 Å². The number of benzene rings is 6. The molecule has 21 heteroatoms. The first kappa shape index (κ1) is 73.2. The molecule has 12 heterocycles. The maximum absolute atomic E-state index is 5.19. The number of fused-ring (bicyclic) bond motifs is 40. The molecule has 4 aliphatic heterocycles. The van der Waals surface area contributed by atoms with E-state index >= 15 is 0 Å². The number of pyridine rings is 2. The van der Waals surface area contributed by atoms with Gasteiger partial charge < -0.3 is 65.3 Å². The summed E-state index contributed by atoms with van der Waals surface area (Å²) in [4.78, 5) is 90.6. The zero-order valence-corrected chi connectivity index (χ0v) is 65.2. The van der Waals surface area contributed by atoms with Gasteiger partial charge in [-0.15, -0.1) is 0 Å². The van der Waals surface area contributed by atoms with Crippen molar-refractivity contribution in [3.05, 3.63) is 179 Å². The number of aromatic nitrogens is 18. The van der Waals surface area contributed by atoms with Crippen molar-refractivity contribution in [3.63, 3.8) is 0 Å². The molecule has 0 amide bonds. The van der Waals surface area contributed by atoms with Crippen LogP contribution in [0.1, 0.15) is 158 Å². The third kappa shape index (κ3) is 12.9. The van der Waals surface area contributed by atoms with Gasteiger partial charge in [0.05, 0.1) is 46.6 Å². The van der Waals surface area contributed by atoms with Gasteiger partial charge in [0.1, 0.15) is 0 Å². The number of hydrogen-bond donors (Lipinski definition) is 0. The fourth-order valence-electron chi connectivity index (χ4n) is 13.8. The summed E-state index contributed by atoms with van der Waals surface area (Å²) in [5.74, 6) is 4.22. The molecule has 19 nitrogen and oxygen atoms in total. The fourth-order valence-corrected chi connectivity index (χ4v) is 13.8. The van der Waals surface area contributed by atoms with E-state index < -0.39 is 0 Å². The second-order valence-corrected chi connectivity index (χ2v) is 33.9. The van der Waals surface area contributed by atoms with Gasteiger partial charge in [-0.05, 0) is 157 Å². The van der Waals surface area contributed by atoms with Crippen molar-refractivity contribution < 1.29 is 39.6 Å². The molecular formula is C86H78Fe2N18O. The van der Waals surface area contributed by atoms with Gasteiger partial charge in [0.25, 0.3) is 0 Å². The van der Waals surface area contributed by atoms with Crippen LogP contribution in [-0.4, -0.2) is 69.8 Å². The minimum atomic E-state index is -0.0828. The summed E-state index contributed by atoms with van der Waals surface area (Å²) in [6.45, 7) is 39.7. The predicted molar refractivity (Wildman–Crippen MR) is 416 cm³/mol. The van der Waals surface area contributed by atoms with Crippen molar-refractivity contribution in [3.8, 4) is 91.1 Å². The number of nitrogens with zero attached hydrogens (tertiary/aromatic N) is 18. The monoisotopic (exact) mass is 1490 g/mol. The average Bonchev–Trinajstić information content (AvgIpc) is 1.67. The van der Waals surface area contributed by atoms with Crippen LogP contribution in [0.15, 0.2) is 146 Å². The first-order chi connectivity index (χ1) is 49.2. The molecule has 18 rings (SSSR count). The molecule has 0 saturated heterocycles. The van der Waals surface area contributed by atoms with Crippen molar-refractivity contribution in [2.45, 2.75) is 157 Å². The summed E-state index contributed by atoms with van der Waals surface area (Å²) in [5.41, 5.74) is 17.7. The van der Waals surface area contributed by atoms with Crippen molar-refractivity contribution >= 4 is 88.3 Å². The molecule has 0 N–H and O–H groups in total. The Hall–Kier alpha value is -10.7. The molecule has 2 radical (unpaired) electrons. The van der Waals surface area contributed by atoms with E-state index in [0.717, 1.165) is 87.6 Å². The van der Waals surface area contributed by atoms with Crippen molar-refractivity contribution in [1.29, 1.82) is 0 Å². The van der Waals surface area contributed by atoms with Gasteiger partial charge in [-0.1, -0.05) is 197 Å². The molecule has 16 bridgehead atoms. The Labute approximate surface area is 641 Å². The molecular weight excluding hydrogens is 1410 g/mol. The smallest absolute Gasteiger partial charge is 2.00 e. The van der Waals surface area contributed by atoms with Gasteiger partial charge in [0.2, 0.25) is 0 Å². The molecule has 534 valence electrons. The van der Waals surface area contributed by atoms with Crippen molar-refractivity contribution in [2.24, 2.45) is 0 Å². The van der Waals surface area contributed by atoms with E-state index in [4.69, 9.17) is 79.7 Å². The van der Waals surface area contributed by atoms with Crippen LogP contribution < -0.4 is 19.9 Å². The molecule has 14 aromatic rings. The third-order valence-electron chi connectivity index (χ3n) is 20.2. The summed E-state index contributed by atoms with van der Waals surface area (Å²) in [5, 5.41) is 7.15. The minimum absolute atomic E-state index is 0. The Morgan fingerprint density at radius 1 is 0.206 bits per heavy atom. The Morgan fingerprint density at radius 2 is 0.402 bits per heavy atom. The first-order valence-corrected chi connectivity index (χ1v) is 35.4. The van der Waals surface area contributed by atoms with Crippen molar-refractivity contribution in [1.82, 2.24) is 89.7 Å². The Balaban J connectivity index is 0.000000175. The standard InChI is InChI=1S/2C43H39N9.2Fe.O/c2*1-41(2,3)22-10-13-25-29(18-22)37-46-33(25)45-34-26-14-11-23(42(4,5)6)19-30(26)38(47-34)50-36-28-16-17-44-21-32(28)40(51-36)52-39-31-20-24(43(7,8)9)12-15-27(31)35(48-37)49-39;;;/h2*10-21H,1-9H3;;;/q2*-2;2*+3;-2. The van der Waals surface area contributed by atoms with E-state index in [0.29, 0.717) is 91.8 Å². The minimum Gasteiger partial charge on any atom is -2.00 e. The molecule has 0 aliphatic carbocycles. The SMILES string of the molecule is CC(C)(C)c1ccc2c(c1)-c1nc-2nc2[n-]c(nc3nc(nc4[n-]c(n1)c1ccc(C(C)(C)C)cc41)-c1cnccc1-3)c1cc(C(C)(C)C)ccc21.CC(C)(C)c1ccc2c(c1)-c1nc-2nc2[n-]c(nc3nc(nc4[n-]c(n1)c1ccc(C(C)(C)C)cc41)-c1cnccc1-3)c1cc(C(C)(C)C)ccc21.[Fe+3].[Fe+3].[O-2]. The van der Waals surface area contributed by atoms with Crippen LogP contribution in [0.5, 0.6) is 0 Å². The van der Waals surface area contributed by atoms with Gasteiger partial charge in [0.15, 0.2) is 0 Å². The summed E-state index contributed by atoms with van der Waals surface area (Å²) in [6, 6.07) is 42.4. The Morgan fingerprint density at radius 3 is 0.645 bits per heavy atom. The first-order valence-electron chi connectivity index (χ1n) is 35.4. The molecule has 0 spiro atoms.